The molecule has 1 atom stereocenters. The van der Waals surface area contributed by atoms with Gasteiger partial charge in [0.15, 0.2) is 11.6 Å². The summed E-state index contributed by atoms with van der Waals surface area (Å²) in [5.74, 6) is 0.250. The Labute approximate surface area is 87.7 Å². The Kier molecular flexibility index (Phi) is 4.07. The lowest BCUT2D eigenvalue weighted by Crippen LogP contribution is -2.22. The van der Waals surface area contributed by atoms with Crippen LogP contribution < -0.4 is 5.32 Å². The van der Waals surface area contributed by atoms with Crippen LogP contribution in [-0.4, -0.2) is 21.9 Å². The molecule has 0 saturated carbocycles. The molecule has 1 N–H and O–H groups in total. The largest absolute Gasteiger partial charge is 0.364 e. The van der Waals surface area contributed by atoms with E-state index in [1.807, 2.05) is 6.92 Å². The normalized spacial score (nSPS) is 12.6. The molecule has 1 aromatic heterocycles. The molecule has 1 rings (SSSR count). The van der Waals surface area contributed by atoms with Crippen LogP contribution in [0.3, 0.4) is 0 Å². The highest BCUT2D eigenvalue weighted by Crippen LogP contribution is 2.13. The van der Waals surface area contributed by atoms with E-state index in [1.54, 1.807) is 6.92 Å². The number of rotatable bonds is 4. The zero-order valence-electron chi connectivity index (χ0n) is 8.22. The highest BCUT2D eigenvalue weighted by molar-refractivity contribution is 6.18. The lowest BCUT2D eigenvalue weighted by Gasteiger charge is -2.14. The van der Waals surface area contributed by atoms with Gasteiger partial charge in [0.25, 0.3) is 0 Å². The molecule has 14 heavy (non-hydrogen) atoms. The van der Waals surface area contributed by atoms with Crippen molar-refractivity contribution in [1.29, 1.82) is 0 Å². The van der Waals surface area contributed by atoms with Gasteiger partial charge in [0.1, 0.15) is 6.33 Å². The maximum Gasteiger partial charge on any atom is 0.186 e. The molecule has 0 aliphatic carbocycles. The molecule has 0 spiro atoms. The molecule has 0 fully saturated rings. The average molecular weight is 218 g/mol. The predicted molar refractivity (Wildman–Crippen MR) is 55.1 cm³/mol. The number of hydrogen-bond donors (Lipinski definition) is 1. The first kappa shape index (κ1) is 11.2. The molecule has 3 nitrogen and oxygen atoms in total. The molecule has 0 aliphatic heterocycles. The summed E-state index contributed by atoms with van der Waals surface area (Å²) < 4.78 is 13.4. The topological polar surface area (TPSA) is 37.8 Å². The van der Waals surface area contributed by atoms with E-state index in [-0.39, 0.29) is 11.9 Å². The Balaban J connectivity index is 2.80. The fourth-order valence-corrected chi connectivity index (χ4v) is 1.30. The van der Waals surface area contributed by atoms with Gasteiger partial charge in [-0.1, -0.05) is 6.92 Å². The standard InChI is InChI=1S/C9H13ClFN3/c1-3-7(4-10)14-9-8(11)6(2)12-5-13-9/h5,7H,3-4H2,1-2H3,(H,12,13,14). The molecule has 1 heterocycles. The minimum Gasteiger partial charge on any atom is -0.364 e. The van der Waals surface area contributed by atoms with Crippen LogP contribution in [0.2, 0.25) is 0 Å². The molecule has 0 radical (unpaired) electrons. The molecule has 5 heteroatoms. The second-order valence-electron chi connectivity index (χ2n) is 3.03. The van der Waals surface area contributed by atoms with Gasteiger partial charge in [-0.25, -0.2) is 14.4 Å². The minimum atomic E-state index is -0.406. The Hall–Kier alpha value is -0.900. The first-order valence-electron chi connectivity index (χ1n) is 4.48. The number of nitrogens with one attached hydrogen (secondary N) is 1. The van der Waals surface area contributed by atoms with Crippen LogP contribution in [0.5, 0.6) is 0 Å². The second kappa shape index (κ2) is 5.10. The molecule has 78 valence electrons. The van der Waals surface area contributed by atoms with Gasteiger partial charge in [-0.05, 0) is 13.3 Å². The van der Waals surface area contributed by atoms with Crippen LogP contribution in [0.4, 0.5) is 10.2 Å². The van der Waals surface area contributed by atoms with Crippen LogP contribution in [0.1, 0.15) is 19.0 Å². The Morgan fingerprint density at radius 1 is 1.57 bits per heavy atom. The summed E-state index contributed by atoms with van der Waals surface area (Å²) in [5, 5.41) is 2.93. The zero-order chi connectivity index (χ0) is 10.6. The SMILES string of the molecule is CCC(CCl)Nc1ncnc(C)c1F. The second-order valence-corrected chi connectivity index (χ2v) is 3.33. The van der Waals surface area contributed by atoms with Gasteiger partial charge < -0.3 is 5.32 Å². The predicted octanol–water partition coefficient (Wildman–Crippen LogP) is 2.35. The third kappa shape index (κ3) is 2.54. The van der Waals surface area contributed by atoms with Gasteiger partial charge in [-0.2, -0.15) is 0 Å². The highest BCUT2D eigenvalue weighted by atomic mass is 35.5. The van der Waals surface area contributed by atoms with Crippen molar-refractivity contribution in [3.05, 3.63) is 17.8 Å². The minimum absolute atomic E-state index is 0.0421. The summed E-state index contributed by atoms with van der Waals surface area (Å²) in [5.41, 5.74) is 0.340. The van der Waals surface area contributed by atoms with E-state index in [2.05, 4.69) is 15.3 Å². The molecular weight excluding hydrogens is 205 g/mol. The van der Waals surface area contributed by atoms with Gasteiger partial charge in [0.2, 0.25) is 0 Å². The van der Waals surface area contributed by atoms with E-state index in [9.17, 15) is 4.39 Å². The van der Waals surface area contributed by atoms with Gasteiger partial charge in [0.05, 0.1) is 5.69 Å². The van der Waals surface area contributed by atoms with Crippen LogP contribution >= 0.6 is 11.6 Å². The van der Waals surface area contributed by atoms with Gasteiger partial charge >= 0.3 is 0 Å². The molecule has 0 bridgehead atoms. The zero-order valence-corrected chi connectivity index (χ0v) is 8.98. The summed E-state index contributed by atoms with van der Waals surface area (Å²) in [4.78, 5) is 7.56. The Morgan fingerprint density at radius 2 is 2.29 bits per heavy atom. The molecule has 0 aliphatic rings. The van der Waals surface area contributed by atoms with Crippen LogP contribution in [0, 0.1) is 12.7 Å². The number of aryl methyl sites for hydroxylation is 1. The fourth-order valence-electron chi connectivity index (χ4n) is 1.00. The molecule has 0 aromatic carbocycles. The van der Waals surface area contributed by atoms with Gasteiger partial charge in [-0.15, -0.1) is 11.6 Å². The van der Waals surface area contributed by atoms with Crippen molar-refractivity contribution >= 4 is 17.4 Å². The van der Waals surface area contributed by atoms with E-state index in [1.165, 1.54) is 6.33 Å². The maximum atomic E-state index is 13.4. The molecule has 0 amide bonds. The van der Waals surface area contributed by atoms with Crippen molar-refractivity contribution in [2.75, 3.05) is 11.2 Å². The summed E-state index contributed by atoms with van der Waals surface area (Å²) in [6, 6.07) is 0.0421. The van der Waals surface area contributed by atoms with Crippen molar-refractivity contribution in [2.24, 2.45) is 0 Å². The van der Waals surface area contributed by atoms with Crippen molar-refractivity contribution in [2.45, 2.75) is 26.3 Å². The first-order chi connectivity index (χ1) is 6.69. The Morgan fingerprint density at radius 3 is 2.86 bits per heavy atom. The monoisotopic (exact) mass is 217 g/mol. The number of halogens is 2. The van der Waals surface area contributed by atoms with Crippen LogP contribution in [0.15, 0.2) is 6.33 Å². The van der Waals surface area contributed by atoms with Crippen molar-refractivity contribution in [3.63, 3.8) is 0 Å². The maximum absolute atomic E-state index is 13.4. The van der Waals surface area contributed by atoms with E-state index < -0.39 is 5.82 Å². The quantitative estimate of drug-likeness (QED) is 0.787. The molecule has 0 saturated heterocycles. The van der Waals surface area contributed by atoms with Crippen LogP contribution in [0.25, 0.3) is 0 Å². The van der Waals surface area contributed by atoms with E-state index in [4.69, 9.17) is 11.6 Å². The van der Waals surface area contributed by atoms with Crippen LogP contribution in [-0.2, 0) is 0 Å². The van der Waals surface area contributed by atoms with E-state index in [0.717, 1.165) is 6.42 Å². The average Bonchev–Trinajstić information content (AvgIpc) is 2.20. The first-order valence-corrected chi connectivity index (χ1v) is 5.02. The third-order valence-corrected chi connectivity index (χ3v) is 2.36. The van der Waals surface area contributed by atoms with Gasteiger partial charge in [-0.3, -0.25) is 0 Å². The third-order valence-electron chi connectivity index (χ3n) is 1.98. The van der Waals surface area contributed by atoms with Gasteiger partial charge in [0, 0.05) is 11.9 Å². The smallest absolute Gasteiger partial charge is 0.186 e. The lowest BCUT2D eigenvalue weighted by atomic mass is 10.2. The summed E-state index contributed by atoms with van der Waals surface area (Å²) in [6.45, 7) is 3.58. The Bertz CT molecular complexity index is 302. The fraction of sp³-hybridized carbons (Fsp3) is 0.556. The summed E-state index contributed by atoms with van der Waals surface area (Å²) >= 11 is 5.68. The number of alkyl halides is 1. The molecular formula is C9H13ClFN3. The lowest BCUT2D eigenvalue weighted by molar-refractivity contribution is 0.599. The molecule has 1 unspecified atom stereocenters. The van der Waals surface area contributed by atoms with Crippen molar-refractivity contribution in [3.8, 4) is 0 Å². The van der Waals surface area contributed by atoms with Crippen molar-refractivity contribution in [1.82, 2.24) is 9.97 Å². The highest BCUT2D eigenvalue weighted by Gasteiger charge is 2.11. The summed E-state index contributed by atoms with van der Waals surface area (Å²) in [7, 11) is 0. The number of nitrogens with zero attached hydrogens (tertiary/aromatic N) is 2. The number of aromatic nitrogens is 2. The summed E-state index contributed by atoms with van der Waals surface area (Å²) in [6.07, 6.45) is 2.16. The van der Waals surface area contributed by atoms with E-state index in [0.29, 0.717) is 11.6 Å². The van der Waals surface area contributed by atoms with Crippen molar-refractivity contribution < 1.29 is 4.39 Å². The molecule has 1 aromatic rings. The van der Waals surface area contributed by atoms with E-state index >= 15 is 0 Å². The number of hydrogen-bond acceptors (Lipinski definition) is 3. The number of anilines is 1.